The highest BCUT2D eigenvalue weighted by Gasteiger charge is 2.29. The van der Waals surface area contributed by atoms with Crippen LogP contribution in [0.2, 0.25) is 0 Å². The first-order valence-electron chi connectivity index (χ1n) is 7.46. The Morgan fingerprint density at radius 2 is 2.23 bits per heavy atom. The van der Waals surface area contributed by atoms with Crippen LogP contribution in [0.25, 0.3) is 11.0 Å². The van der Waals surface area contributed by atoms with Crippen LogP contribution < -0.4 is 10.6 Å². The third kappa shape index (κ3) is 2.52. The fraction of sp³-hybridized carbons (Fsp3) is 0.533. The van der Waals surface area contributed by atoms with E-state index in [0.29, 0.717) is 16.6 Å². The first-order chi connectivity index (χ1) is 10.5. The molecule has 22 heavy (non-hydrogen) atoms. The quantitative estimate of drug-likeness (QED) is 0.894. The lowest BCUT2D eigenvalue weighted by molar-refractivity contribution is -0.00330. The van der Waals surface area contributed by atoms with Crippen molar-refractivity contribution in [2.45, 2.75) is 31.8 Å². The number of aromatic nitrogens is 3. The van der Waals surface area contributed by atoms with Crippen LogP contribution in [0.5, 0.6) is 0 Å². The number of hydrogen-bond acceptors (Lipinski definition) is 5. The van der Waals surface area contributed by atoms with Crippen LogP contribution in [-0.2, 0) is 4.74 Å². The number of hydrogen-bond donors (Lipinski definition) is 2. The minimum Gasteiger partial charge on any atom is -0.378 e. The maximum absolute atomic E-state index is 11.6. The van der Waals surface area contributed by atoms with Crippen molar-refractivity contribution < 1.29 is 9.53 Å². The van der Waals surface area contributed by atoms with Crippen molar-refractivity contribution in [3.05, 3.63) is 18.1 Å². The van der Waals surface area contributed by atoms with Crippen LogP contribution in [0.15, 0.2) is 12.5 Å². The SMILES string of the molecule is COC1(C)CCCN(c2ncnc3[nH]cc(C(N)=O)c23)CC1. The predicted octanol–water partition coefficient (Wildman–Crippen LogP) is 1.45. The van der Waals surface area contributed by atoms with E-state index in [1.165, 1.54) is 6.33 Å². The summed E-state index contributed by atoms with van der Waals surface area (Å²) >= 11 is 0. The number of methoxy groups -OCH3 is 1. The number of fused-ring (bicyclic) bond motifs is 1. The molecular weight excluding hydrogens is 282 g/mol. The van der Waals surface area contributed by atoms with Crippen molar-refractivity contribution in [1.82, 2.24) is 15.0 Å². The summed E-state index contributed by atoms with van der Waals surface area (Å²) in [5.41, 5.74) is 6.43. The Hall–Kier alpha value is -2.15. The van der Waals surface area contributed by atoms with Gasteiger partial charge in [0.2, 0.25) is 0 Å². The molecule has 0 aliphatic carbocycles. The number of nitrogens with zero attached hydrogens (tertiary/aromatic N) is 3. The number of aromatic amines is 1. The van der Waals surface area contributed by atoms with Crippen LogP contribution in [0.3, 0.4) is 0 Å². The molecule has 1 saturated heterocycles. The van der Waals surface area contributed by atoms with Gasteiger partial charge in [0, 0.05) is 26.4 Å². The highest BCUT2D eigenvalue weighted by molar-refractivity contribution is 6.09. The average Bonchev–Trinajstić information content (AvgIpc) is 2.85. The van der Waals surface area contributed by atoms with E-state index < -0.39 is 5.91 Å². The largest absolute Gasteiger partial charge is 0.378 e. The molecule has 3 rings (SSSR count). The molecule has 1 aliphatic rings. The topological polar surface area (TPSA) is 97.1 Å². The second-order valence-corrected chi connectivity index (χ2v) is 5.98. The number of carbonyl (C=O) groups excluding carboxylic acids is 1. The maximum Gasteiger partial charge on any atom is 0.251 e. The van der Waals surface area contributed by atoms with Gasteiger partial charge in [-0.05, 0) is 26.2 Å². The van der Waals surface area contributed by atoms with Crippen LogP contribution >= 0.6 is 0 Å². The van der Waals surface area contributed by atoms with E-state index >= 15 is 0 Å². The molecule has 0 saturated carbocycles. The zero-order chi connectivity index (χ0) is 15.7. The summed E-state index contributed by atoms with van der Waals surface area (Å²) in [5.74, 6) is 0.291. The van der Waals surface area contributed by atoms with E-state index in [0.717, 1.165) is 38.2 Å². The molecule has 0 radical (unpaired) electrons. The highest BCUT2D eigenvalue weighted by atomic mass is 16.5. The molecule has 2 aromatic heterocycles. The smallest absolute Gasteiger partial charge is 0.251 e. The van der Waals surface area contributed by atoms with Gasteiger partial charge in [-0.3, -0.25) is 4.79 Å². The number of nitrogens with two attached hydrogens (primary N) is 1. The summed E-state index contributed by atoms with van der Waals surface area (Å²) in [4.78, 5) is 25.4. The molecule has 0 spiro atoms. The van der Waals surface area contributed by atoms with Gasteiger partial charge in [0.05, 0.1) is 16.6 Å². The molecule has 0 bridgehead atoms. The molecule has 7 heteroatoms. The van der Waals surface area contributed by atoms with Gasteiger partial charge in [-0.1, -0.05) is 0 Å². The molecule has 1 amide bonds. The zero-order valence-electron chi connectivity index (χ0n) is 12.9. The van der Waals surface area contributed by atoms with E-state index in [4.69, 9.17) is 10.5 Å². The first kappa shape index (κ1) is 14.8. The molecule has 7 nitrogen and oxygen atoms in total. The Bertz CT molecular complexity index is 698. The van der Waals surface area contributed by atoms with Crippen molar-refractivity contribution in [3.8, 4) is 0 Å². The molecule has 3 N–H and O–H groups in total. The number of carbonyl (C=O) groups is 1. The van der Waals surface area contributed by atoms with Crippen molar-refractivity contribution in [2.75, 3.05) is 25.1 Å². The van der Waals surface area contributed by atoms with E-state index in [-0.39, 0.29) is 5.60 Å². The number of rotatable bonds is 3. The number of primary amides is 1. The van der Waals surface area contributed by atoms with Gasteiger partial charge in [-0.25, -0.2) is 9.97 Å². The van der Waals surface area contributed by atoms with Gasteiger partial charge in [0.25, 0.3) is 5.91 Å². The molecule has 2 aromatic rings. The molecule has 1 aliphatic heterocycles. The van der Waals surface area contributed by atoms with Gasteiger partial charge < -0.3 is 20.4 Å². The Labute approximate surface area is 128 Å². The normalized spacial score (nSPS) is 22.7. The standard InChI is InChI=1S/C15H21N5O2/c1-15(22-2)4-3-6-20(7-5-15)14-11-10(12(16)21)8-17-13(11)18-9-19-14/h8-9H,3-7H2,1-2H3,(H2,16,21)(H,17,18,19). The summed E-state index contributed by atoms with van der Waals surface area (Å²) < 4.78 is 5.64. The molecule has 1 unspecified atom stereocenters. The van der Waals surface area contributed by atoms with Crippen molar-refractivity contribution in [1.29, 1.82) is 0 Å². The summed E-state index contributed by atoms with van der Waals surface area (Å²) in [7, 11) is 1.76. The third-order valence-electron chi connectivity index (χ3n) is 4.55. The number of nitrogens with one attached hydrogen (secondary N) is 1. The summed E-state index contributed by atoms with van der Waals surface area (Å²) in [5, 5.41) is 0.705. The van der Waals surface area contributed by atoms with Crippen molar-refractivity contribution >= 4 is 22.8 Å². The number of amides is 1. The predicted molar refractivity (Wildman–Crippen MR) is 83.9 cm³/mol. The molecule has 1 atom stereocenters. The molecule has 118 valence electrons. The third-order valence-corrected chi connectivity index (χ3v) is 4.55. The van der Waals surface area contributed by atoms with E-state index in [9.17, 15) is 4.79 Å². The molecule has 0 aromatic carbocycles. The van der Waals surface area contributed by atoms with Crippen LogP contribution in [0.1, 0.15) is 36.5 Å². The first-order valence-corrected chi connectivity index (χ1v) is 7.46. The fourth-order valence-electron chi connectivity index (χ4n) is 3.05. The van der Waals surface area contributed by atoms with E-state index in [2.05, 4.69) is 26.8 Å². The van der Waals surface area contributed by atoms with Crippen LogP contribution in [-0.4, -0.2) is 46.7 Å². The highest BCUT2D eigenvalue weighted by Crippen LogP contribution is 2.31. The zero-order valence-corrected chi connectivity index (χ0v) is 12.9. The van der Waals surface area contributed by atoms with Crippen molar-refractivity contribution in [2.24, 2.45) is 5.73 Å². The lowest BCUT2D eigenvalue weighted by Crippen LogP contribution is -2.30. The van der Waals surface area contributed by atoms with E-state index in [1.807, 2.05) is 0 Å². The average molecular weight is 303 g/mol. The summed E-state index contributed by atoms with van der Waals surface area (Å²) in [6.45, 7) is 3.82. The minimum atomic E-state index is -0.473. The summed E-state index contributed by atoms with van der Waals surface area (Å²) in [6.07, 6.45) is 6.03. The Kier molecular flexibility index (Phi) is 3.74. The lowest BCUT2D eigenvalue weighted by atomic mass is 9.97. The van der Waals surface area contributed by atoms with Gasteiger partial charge in [-0.15, -0.1) is 0 Å². The number of anilines is 1. The van der Waals surface area contributed by atoms with Crippen LogP contribution in [0, 0.1) is 0 Å². The Morgan fingerprint density at radius 3 is 2.95 bits per heavy atom. The lowest BCUT2D eigenvalue weighted by Gasteiger charge is -2.27. The Morgan fingerprint density at radius 1 is 1.41 bits per heavy atom. The fourth-order valence-corrected chi connectivity index (χ4v) is 3.05. The minimum absolute atomic E-state index is 0.106. The molecule has 1 fully saturated rings. The second kappa shape index (κ2) is 5.57. The van der Waals surface area contributed by atoms with Gasteiger partial charge in [0.15, 0.2) is 0 Å². The number of H-pyrrole nitrogens is 1. The van der Waals surface area contributed by atoms with Gasteiger partial charge in [-0.2, -0.15) is 0 Å². The Balaban J connectivity index is 1.99. The number of ether oxygens (including phenoxy) is 1. The monoisotopic (exact) mass is 303 g/mol. The second-order valence-electron chi connectivity index (χ2n) is 5.98. The molecule has 3 heterocycles. The molecular formula is C15H21N5O2. The van der Waals surface area contributed by atoms with Gasteiger partial charge >= 0.3 is 0 Å². The van der Waals surface area contributed by atoms with Crippen molar-refractivity contribution in [3.63, 3.8) is 0 Å². The van der Waals surface area contributed by atoms with E-state index in [1.54, 1.807) is 13.3 Å². The maximum atomic E-state index is 11.6. The summed E-state index contributed by atoms with van der Waals surface area (Å²) in [6, 6.07) is 0. The van der Waals surface area contributed by atoms with Crippen LogP contribution in [0.4, 0.5) is 5.82 Å². The van der Waals surface area contributed by atoms with Gasteiger partial charge in [0.1, 0.15) is 17.8 Å².